The van der Waals surface area contributed by atoms with Crippen molar-refractivity contribution in [1.82, 2.24) is 0 Å². The number of rotatable bonds is 4. The van der Waals surface area contributed by atoms with E-state index < -0.39 is 0 Å². The van der Waals surface area contributed by atoms with Gasteiger partial charge in [-0.05, 0) is 66.7 Å². The molecule has 230 valence electrons. The summed E-state index contributed by atoms with van der Waals surface area (Å²) in [5.74, 6) is 20.2. The quantitative estimate of drug-likeness (QED) is 0.0898. The summed E-state index contributed by atoms with van der Waals surface area (Å²) in [6.45, 7) is 0. The molecule has 0 heterocycles. The lowest BCUT2D eigenvalue weighted by atomic mass is 10.0. The molecule has 6 aromatic carbocycles. The molecule has 0 amide bonds. The van der Waals surface area contributed by atoms with Gasteiger partial charge in [-0.3, -0.25) is 0 Å². The van der Waals surface area contributed by atoms with Crippen LogP contribution in [0.25, 0.3) is 0 Å². The number of ether oxygens (including phenoxy) is 2. The summed E-state index contributed by atoms with van der Waals surface area (Å²) in [4.78, 5) is 0. The van der Waals surface area contributed by atoms with E-state index in [2.05, 4.69) is 35.5 Å². The van der Waals surface area contributed by atoms with Crippen LogP contribution in [0.1, 0.15) is 33.4 Å². The topological polar surface area (TPSA) is 111 Å². The van der Waals surface area contributed by atoms with E-state index in [1.165, 1.54) is 12.1 Å². The van der Waals surface area contributed by atoms with Gasteiger partial charge in [0.25, 0.3) is 0 Å². The molecule has 48 heavy (non-hydrogen) atoms. The van der Waals surface area contributed by atoms with Crippen LogP contribution in [0.4, 0.5) is 11.4 Å². The third-order valence-corrected chi connectivity index (χ3v) is 7.01. The number of hydrogen-bond donors (Lipinski definition) is 4. The van der Waals surface area contributed by atoms with E-state index in [9.17, 15) is 10.2 Å². The zero-order valence-electron chi connectivity index (χ0n) is 25.6. The minimum atomic E-state index is -0.138. The summed E-state index contributed by atoms with van der Waals surface area (Å²) in [5.41, 5.74) is 15.8. The highest BCUT2D eigenvalue weighted by Crippen LogP contribution is 2.41. The molecule has 0 unspecified atom stereocenters. The van der Waals surface area contributed by atoms with Crippen molar-refractivity contribution in [2.24, 2.45) is 0 Å². The zero-order chi connectivity index (χ0) is 33.3. The maximum Gasteiger partial charge on any atom is 0.162 e. The molecule has 0 saturated heterocycles. The van der Waals surface area contributed by atoms with Crippen molar-refractivity contribution in [1.29, 1.82) is 0 Å². The monoisotopic (exact) mass is 624 g/mol. The van der Waals surface area contributed by atoms with E-state index >= 15 is 0 Å². The van der Waals surface area contributed by atoms with Crippen LogP contribution in [0.3, 0.4) is 0 Å². The van der Waals surface area contributed by atoms with Crippen molar-refractivity contribution in [2.75, 3.05) is 11.5 Å². The van der Waals surface area contributed by atoms with E-state index in [1.54, 1.807) is 30.3 Å². The maximum atomic E-state index is 10.4. The molecule has 0 spiro atoms. The standard InChI is InChI=1S/C42H28N2O4/c43-37-24-21-34(27-39(37)45)47-41-32(19-16-29-10-4-1-5-11-29)26-33(20-17-30-12-6-2-7-13-30)42(48-35-22-25-38(44)40(46)28-35)36(41)23-18-31-14-8-3-9-15-31/h1-15,21-22,24-28,45-46H,43-44H2. The number of phenols is 2. The van der Waals surface area contributed by atoms with Gasteiger partial charge in [0.15, 0.2) is 11.5 Å². The molecule has 0 saturated carbocycles. The highest BCUT2D eigenvalue weighted by Gasteiger charge is 2.21. The largest absolute Gasteiger partial charge is 0.506 e. The normalized spacial score (nSPS) is 9.92. The van der Waals surface area contributed by atoms with E-state index in [-0.39, 0.29) is 34.4 Å². The second kappa shape index (κ2) is 14.3. The SMILES string of the molecule is Nc1ccc(Oc2c(C#Cc3ccccc3)cc(C#Cc3ccccc3)c(Oc3ccc(N)c(O)c3)c2C#Cc2ccccc2)cc1O. The Morgan fingerprint density at radius 2 is 0.792 bits per heavy atom. The summed E-state index contributed by atoms with van der Waals surface area (Å²) >= 11 is 0. The van der Waals surface area contributed by atoms with Gasteiger partial charge < -0.3 is 31.2 Å². The van der Waals surface area contributed by atoms with Crippen LogP contribution in [-0.2, 0) is 0 Å². The average molecular weight is 625 g/mol. The Bertz CT molecular complexity index is 2150. The number of nitrogens with two attached hydrogens (primary N) is 2. The summed E-state index contributed by atoms with van der Waals surface area (Å²) in [6.07, 6.45) is 0. The first-order chi connectivity index (χ1) is 23.4. The first-order valence-corrected chi connectivity index (χ1v) is 14.9. The molecule has 0 bridgehead atoms. The van der Waals surface area contributed by atoms with Gasteiger partial charge in [-0.15, -0.1) is 0 Å². The molecule has 6 heteroatoms. The molecular weight excluding hydrogens is 596 g/mol. The van der Waals surface area contributed by atoms with Gasteiger partial charge in [-0.1, -0.05) is 90.1 Å². The molecule has 0 aliphatic carbocycles. The van der Waals surface area contributed by atoms with Crippen LogP contribution in [-0.4, -0.2) is 10.2 Å². The molecule has 0 aliphatic heterocycles. The number of aromatic hydroxyl groups is 2. The number of nitrogen functional groups attached to an aromatic ring is 2. The summed E-state index contributed by atoms with van der Waals surface area (Å²) < 4.78 is 12.9. The van der Waals surface area contributed by atoms with Gasteiger partial charge in [0.2, 0.25) is 0 Å². The lowest BCUT2D eigenvalue weighted by Gasteiger charge is -2.17. The van der Waals surface area contributed by atoms with Crippen LogP contribution < -0.4 is 20.9 Å². The lowest BCUT2D eigenvalue weighted by Crippen LogP contribution is -2.00. The minimum Gasteiger partial charge on any atom is -0.506 e. The van der Waals surface area contributed by atoms with Crippen LogP contribution in [0.15, 0.2) is 133 Å². The van der Waals surface area contributed by atoms with E-state index in [0.717, 1.165) is 16.7 Å². The second-order valence-electron chi connectivity index (χ2n) is 10.5. The molecule has 0 radical (unpaired) electrons. The molecule has 6 aromatic rings. The fraction of sp³-hybridized carbons (Fsp3) is 0. The van der Waals surface area contributed by atoms with Crippen LogP contribution in [0, 0.1) is 35.5 Å². The molecular formula is C42H28N2O4. The molecule has 6 nitrogen and oxygen atoms in total. The van der Waals surface area contributed by atoms with Crippen molar-refractivity contribution in [3.05, 3.63) is 167 Å². The average Bonchev–Trinajstić information content (AvgIpc) is 3.11. The first-order valence-electron chi connectivity index (χ1n) is 14.9. The zero-order valence-corrected chi connectivity index (χ0v) is 25.6. The summed E-state index contributed by atoms with van der Waals surface area (Å²) in [7, 11) is 0. The van der Waals surface area contributed by atoms with Gasteiger partial charge in [0, 0.05) is 28.8 Å². The number of anilines is 2. The summed E-state index contributed by atoms with van der Waals surface area (Å²) in [6, 6.07) is 39.5. The van der Waals surface area contributed by atoms with E-state index in [0.29, 0.717) is 28.2 Å². The smallest absolute Gasteiger partial charge is 0.162 e. The van der Waals surface area contributed by atoms with Crippen molar-refractivity contribution < 1.29 is 19.7 Å². The second-order valence-corrected chi connectivity index (χ2v) is 10.5. The van der Waals surface area contributed by atoms with Gasteiger partial charge in [-0.25, -0.2) is 0 Å². The Hall–Kier alpha value is -7.20. The Labute approximate surface area is 278 Å². The number of phenolic OH excluding ortho intramolecular Hbond substituents is 2. The maximum absolute atomic E-state index is 10.4. The van der Waals surface area contributed by atoms with Crippen LogP contribution in [0.2, 0.25) is 0 Å². The molecule has 6 N–H and O–H groups in total. The van der Waals surface area contributed by atoms with Crippen molar-refractivity contribution in [2.45, 2.75) is 0 Å². The van der Waals surface area contributed by atoms with Gasteiger partial charge in [0.1, 0.15) is 28.6 Å². The van der Waals surface area contributed by atoms with E-state index in [4.69, 9.17) is 20.9 Å². The number of hydrogen-bond acceptors (Lipinski definition) is 6. The van der Waals surface area contributed by atoms with Gasteiger partial charge in [-0.2, -0.15) is 0 Å². The van der Waals surface area contributed by atoms with Crippen LogP contribution in [0.5, 0.6) is 34.5 Å². The van der Waals surface area contributed by atoms with Crippen molar-refractivity contribution in [3.8, 4) is 70.0 Å². The first kappa shape index (κ1) is 30.8. The van der Waals surface area contributed by atoms with Crippen LogP contribution >= 0.6 is 0 Å². The molecule has 0 aromatic heterocycles. The number of benzene rings is 6. The predicted molar refractivity (Wildman–Crippen MR) is 189 cm³/mol. The Balaban J connectivity index is 1.65. The lowest BCUT2D eigenvalue weighted by molar-refractivity contribution is 0.442. The fourth-order valence-electron chi connectivity index (χ4n) is 4.55. The van der Waals surface area contributed by atoms with Gasteiger partial charge >= 0.3 is 0 Å². The highest BCUT2D eigenvalue weighted by molar-refractivity contribution is 5.72. The minimum absolute atomic E-state index is 0.138. The highest BCUT2D eigenvalue weighted by atomic mass is 16.5. The van der Waals surface area contributed by atoms with Gasteiger partial charge in [0.05, 0.1) is 22.5 Å². The molecule has 6 rings (SSSR count). The third kappa shape index (κ3) is 7.53. The Morgan fingerprint density at radius 3 is 1.17 bits per heavy atom. The van der Waals surface area contributed by atoms with Crippen molar-refractivity contribution in [3.63, 3.8) is 0 Å². The fourth-order valence-corrected chi connectivity index (χ4v) is 4.55. The van der Waals surface area contributed by atoms with Crippen molar-refractivity contribution >= 4 is 11.4 Å². The summed E-state index contributed by atoms with van der Waals surface area (Å²) in [5, 5.41) is 20.8. The molecule has 0 aliphatic rings. The molecule has 0 fully saturated rings. The third-order valence-electron chi connectivity index (χ3n) is 7.01. The van der Waals surface area contributed by atoms with E-state index in [1.807, 2.05) is 91.0 Å². The Morgan fingerprint density at radius 1 is 0.417 bits per heavy atom. The predicted octanol–water partition coefficient (Wildman–Crippen LogP) is 8.05. The molecule has 0 atom stereocenters. The Kier molecular flexibility index (Phi) is 9.16.